The Morgan fingerprint density at radius 3 is 2.48 bits per heavy atom. The number of nitro groups is 1. The quantitative estimate of drug-likeness (QED) is 0.551. The molecule has 0 unspecified atom stereocenters. The van der Waals surface area contributed by atoms with Crippen molar-refractivity contribution in [2.24, 2.45) is 0 Å². The van der Waals surface area contributed by atoms with Gasteiger partial charge in [0.1, 0.15) is 6.61 Å². The lowest BCUT2D eigenvalue weighted by Gasteiger charge is -2.11. The molecule has 0 radical (unpaired) electrons. The molecule has 0 fully saturated rings. The zero-order chi connectivity index (χ0) is 16.7. The molecule has 5 heteroatoms. The Hall–Kier alpha value is -2.40. The lowest BCUT2D eigenvalue weighted by molar-refractivity contribution is -0.386. The van der Waals surface area contributed by atoms with Gasteiger partial charge in [-0.05, 0) is 50.7 Å². The first-order valence-electron chi connectivity index (χ1n) is 7.65. The topological polar surface area (TPSA) is 55.6 Å². The van der Waals surface area contributed by atoms with E-state index in [1.165, 1.54) is 6.07 Å². The molecular weight excluding hydrogens is 292 g/mol. The van der Waals surface area contributed by atoms with Crippen molar-refractivity contribution in [3.63, 3.8) is 0 Å². The predicted molar refractivity (Wildman–Crippen MR) is 90.7 cm³/mol. The Labute approximate surface area is 136 Å². The van der Waals surface area contributed by atoms with Crippen LogP contribution in [0.15, 0.2) is 48.5 Å². The SMILES string of the molecule is CN(C)CCCc1ccc([N+](=O)[O-])c(OCc2ccccc2)c1. The summed E-state index contributed by atoms with van der Waals surface area (Å²) < 4.78 is 5.70. The fourth-order valence-electron chi connectivity index (χ4n) is 2.32. The van der Waals surface area contributed by atoms with Gasteiger partial charge in [-0.15, -0.1) is 0 Å². The first kappa shape index (κ1) is 17.0. The van der Waals surface area contributed by atoms with Gasteiger partial charge in [0, 0.05) is 6.07 Å². The van der Waals surface area contributed by atoms with Crippen LogP contribution in [0, 0.1) is 10.1 Å². The molecule has 0 saturated carbocycles. The molecule has 0 spiro atoms. The Morgan fingerprint density at radius 1 is 1.09 bits per heavy atom. The number of benzene rings is 2. The second-order valence-electron chi connectivity index (χ2n) is 5.74. The molecule has 0 atom stereocenters. The van der Waals surface area contributed by atoms with Gasteiger partial charge < -0.3 is 9.64 Å². The molecule has 0 amide bonds. The molecule has 0 aliphatic heterocycles. The molecule has 23 heavy (non-hydrogen) atoms. The molecule has 0 N–H and O–H groups in total. The van der Waals surface area contributed by atoms with Gasteiger partial charge in [-0.25, -0.2) is 0 Å². The molecule has 0 aliphatic rings. The van der Waals surface area contributed by atoms with Crippen LogP contribution >= 0.6 is 0 Å². The van der Waals surface area contributed by atoms with Crippen LogP contribution in [-0.2, 0) is 13.0 Å². The average molecular weight is 314 g/mol. The minimum atomic E-state index is -0.399. The van der Waals surface area contributed by atoms with Crippen molar-refractivity contribution in [1.82, 2.24) is 4.90 Å². The van der Waals surface area contributed by atoms with Gasteiger partial charge in [0.2, 0.25) is 0 Å². The van der Waals surface area contributed by atoms with E-state index >= 15 is 0 Å². The van der Waals surface area contributed by atoms with Crippen molar-refractivity contribution >= 4 is 5.69 Å². The molecule has 2 aromatic rings. The number of hydrogen-bond acceptors (Lipinski definition) is 4. The fraction of sp³-hybridized carbons (Fsp3) is 0.333. The van der Waals surface area contributed by atoms with Crippen molar-refractivity contribution in [2.45, 2.75) is 19.4 Å². The Kier molecular flexibility index (Phi) is 6.11. The van der Waals surface area contributed by atoms with Crippen molar-refractivity contribution < 1.29 is 9.66 Å². The van der Waals surface area contributed by atoms with E-state index in [1.807, 2.05) is 50.5 Å². The van der Waals surface area contributed by atoms with E-state index in [0.717, 1.165) is 30.5 Å². The van der Waals surface area contributed by atoms with Crippen LogP contribution in [0.4, 0.5) is 5.69 Å². The maximum Gasteiger partial charge on any atom is 0.310 e. The van der Waals surface area contributed by atoms with E-state index in [-0.39, 0.29) is 5.69 Å². The summed E-state index contributed by atoms with van der Waals surface area (Å²) in [7, 11) is 4.06. The van der Waals surface area contributed by atoms with Gasteiger partial charge in [0.15, 0.2) is 5.75 Å². The molecule has 0 saturated heterocycles. The Balaban J connectivity index is 2.09. The van der Waals surface area contributed by atoms with E-state index in [4.69, 9.17) is 4.74 Å². The average Bonchev–Trinajstić information content (AvgIpc) is 2.53. The summed E-state index contributed by atoms with van der Waals surface area (Å²) in [5.74, 6) is 0.334. The number of nitrogens with zero attached hydrogens (tertiary/aromatic N) is 2. The fourth-order valence-corrected chi connectivity index (χ4v) is 2.32. The molecule has 122 valence electrons. The van der Waals surface area contributed by atoms with E-state index in [1.54, 1.807) is 6.07 Å². The number of rotatable bonds is 8. The van der Waals surface area contributed by atoms with E-state index in [2.05, 4.69) is 4.90 Å². The third-order valence-corrected chi connectivity index (χ3v) is 3.53. The molecule has 0 heterocycles. The summed E-state index contributed by atoms with van der Waals surface area (Å²) in [5.41, 5.74) is 2.05. The summed E-state index contributed by atoms with van der Waals surface area (Å²) in [6.45, 7) is 1.31. The summed E-state index contributed by atoms with van der Waals surface area (Å²) >= 11 is 0. The summed E-state index contributed by atoms with van der Waals surface area (Å²) in [6.07, 6.45) is 1.88. The molecule has 0 aromatic heterocycles. The van der Waals surface area contributed by atoms with E-state index < -0.39 is 4.92 Å². The smallest absolute Gasteiger partial charge is 0.310 e. The van der Waals surface area contributed by atoms with Crippen LogP contribution in [-0.4, -0.2) is 30.5 Å². The van der Waals surface area contributed by atoms with Crippen LogP contribution in [0.2, 0.25) is 0 Å². The maximum absolute atomic E-state index is 11.2. The van der Waals surface area contributed by atoms with Gasteiger partial charge >= 0.3 is 5.69 Å². The third kappa shape index (κ3) is 5.38. The van der Waals surface area contributed by atoms with E-state index in [0.29, 0.717) is 12.4 Å². The van der Waals surface area contributed by atoms with Gasteiger partial charge in [-0.3, -0.25) is 10.1 Å². The first-order valence-corrected chi connectivity index (χ1v) is 7.65. The Morgan fingerprint density at radius 2 is 1.83 bits per heavy atom. The predicted octanol–water partition coefficient (Wildman–Crippen LogP) is 3.67. The molecule has 2 aromatic carbocycles. The summed E-state index contributed by atoms with van der Waals surface area (Å²) in [5, 5.41) is 11.2. The highest BCUT2D eigenvalue weighted by molar-refractivity contribution is 5.48. The largest absolute Gasteiger partial charge is 0.482 e. The molecule has 0 aliphatic carbocycles. The van der Waals surface area contributed by atoms with Crippen LogP contribution in [0.5, 0.6) is 5.75 Å². The standard InChI is InChI=1S/C18H22N2O3/c1-19(2)12-6-9-15-10-11-17(20(21)22)18(13-15)23-14-16-7-4-3-5-8-16/h3-5,7-8,10-11,13H,6,9,12,14H2,1-2H3. The third-order valence-electron chi connectivity index (χ3n) is 3.53. The molecule has 5 nitrogen and oxygen atoms in total. The second-order valence-corrected chi connectivity index (χ2v) is 5.74. The number of hydrogen-bond donors (Lipinski definition) is 0. The molecule has 2 rings (SSSR count). The first-order chi connectivity index (χ1) is 11.1. The highest BCUT2D eigenvalue weighted by Gasteiger charge is 2.15. The lowest BCUT2D eigenvalue weighted by Crippen LogP contribution is -2.13. The van der Waals surface area contributed by atoms with Crippen molar-refractivity contribution in [3.05, 3.63) is 69.8 Å². The number of aryl methyl sites for hydroxylation is 1. The maximum atomic E-state index is 11.2. The van der Waals surface area contributed by atoms with Gasteiger partial charge in [0.05, 0.1) is 4.92 Å². The molecule has 0 bridgehead atoms. The minimum Gasteiger partial charge on any atom is -0.482 e. The van der Waals surface area contributed by atoms with Crippen LogP contribution in [0.1, 0.15) is 17.5 Å². The highest BCUT2D eigenvalue weighted by Crippen LogP contribution is 2.29. The zero-order valence-corrected chi connectivity index (χ0v) is 13.6. The summed E-state index contributed by atoms with van der Waals surface area (Å²) in [4.78, 5) is 12.9. The van der Waals surface area contributed by atoms with Gasteiger partial charge in [-0.2, -0.15) is 0 Å². The van der Waals surface area contributed by atoms with E-state index in [9.17, 15) is 10.1 Å². The Bertz CT molecular complexity index is 642. The minimum absolute atomic E-state index is 0.0114. The lowest BCUT2D eigenvalue weighted by atomic mass is 10.1. The second kappa shape index (κ2) is 8.29. The van der Waals surface area contributed by atoms with Crippen molar-refractivity contribution in [1.29, 1.82) is 0 Å². The normalized spacial score (nSPS) is 10.7. The van der Waals surface area contributed by atoms with Crippen LogP contribution in [0.25, 0.3) is 0 Å². The molecular formula is C18H22N2O3. The van der Waals surface area contributed by atoms with Crippen LogP contribution < -0.4 is 4.74 Å². The van der Waals surface area contributed by atoms with Gasteiger partial charge in [0.25, 0.3) is 0 Å². The van der Waals surface area contributed by atoms with Crippen molar-refractivity contribution in [2.75, 3.05) is 20.6 Å². The number of nitro benzene ring substituents is 1. The monoisotopic (exact) mass is 314 g/mol. The van der Waals surface area contributed by atoms with Gasteiger partial charge in [-0.1, -0.05) is 36.4 Å². The summed E-state index contributed by atoms with van der Waals surface area (Å²) in [6, 6.07) is 14.8. The zero-order valence-electron chi connectivity index (χ0n) is 13.6. The van der Waals surface area contributed by atoms with Crippen LogP contribution in [0.3, 0.4) is 0 Å². The highest BCUT2D eigenvalue weighted by atomic mass is 16.6. The number of ether oxygens (including phenoxy) is 1. The van der Waals surface area contributed by atoms with Crippen molar-refractivity contribution in [3.8, 4) is 5.75 Å².